The van der Waals surface area contributed by atoms with Crippen LogP contribution in [0.15, 0.2) is 30.3 Å². The fourth-order valence-electron chi connectivity index (χ4n) is 3.26. The number of carbonyl (C=O) groups excluding carboxylic acids is 1. The largest absolute Gasteiger partial charge is 0.353 e. The average Bonchev–Trinajstić information content (AvgIpc) is 2.48. The maximum Gasteiger partial charge on any atom is 0.224 e. The summed E-state index contributed by atoms with van der Waals surface area (Å²) in [6.07, 6.45) is 3.05. The minimum absolute atomic E-state index is 0. The molecule has 1 aromatic rings. The summed E-state index contributed by atoms with van der Waals surface area (Å²) in [7, 11) is 0. The third-order valence-corrected chi connectivity index (χ3v) is 4.43. The highest BCUT2D eigenvalue weighted by Crippen LogP contribution is 2.28. The smallest absolute Gasteiger partial charge is 0.224 e. The number of hydrogen-bond donors (Lipinski definition) is 2. The van der Waals surface area contributed by atoms with Gasteiger partial charge in [0, 0.05) is 12.6 Å². The van der Waals surface area contributed by atoms with Crippen molar-refractivity contribution in [1.82, 2.24) is 10.6 Å². The van der Waals surface area contributed by atoms with Crippen LogP contribution in [0.2, 0.25) is 0 Å². The molecule has 3 nitrogen and oxygen atoms in total. The highest BCUT2D eigenvalue weighted by Gasteiger charge is 2.26. The Morgan fingerprint density at radius 2 is 2.05 bits per heavy atom. The van der Waals surface area contributed by atoms with Gasteiger partial charge in [-0.25, -0.2) is 0 Å². The lowest BCUT2D eigenvalue weighted by molar-refractivity contribution is -0.126. The molecule has 2 rings (SSSR count). The minimum Gasteiger partial charge on any atom is -0.353 e. The number of piperidine rings is 1. The normalized spacial score (nSPS) is 19.9. The third kappa shape index (κ3) is 5.29. The van der Waals surface area contributed by atoms with Crippen LogP contribution >= 0.6 is 12.4 Å². The molecule has 1 aliphatic rings. The first-order valence-corrected chi connectivity index (χ1v) is 8.05. The van der Waals surface area contributed by atoms with Crippen LogP contribution in [0.1, 0.15) is 45.6 Å². The molecule has 4 heteroatoms. The topological polar surface area (TPSA) is 41.1 Å². The van der Waals surface area contributed by atoms with E-state index in [1.54, 1.807) is 0 Å². The van der Waals surface area contributed by atoms with Gasteiger partial charge in [-0.2, -0.15) is 0 Å². The Labute approximate surface area is 140 Å². The second-order valence-electron chi connectivity index (χ2n) is 6.91. The lowest BCUT2D eigenvalue weighted by atomic mass is 9.79. The molecule has 1 heterocycles. The maximum atomic E-state index is 12.3. The lowest BCUT2D eigenvalue weighted by Crippen LogP contribution is -2.45. The second-order valence-corrected chi connectivity index (χ2v) is 6.91. The van der Waals surface area contributed by atoms with Gasteiger partial charge >= 0.3 is 0 Å². The number of nitrogens with one attached hydrogen (secondary N) is 2. The Hall–Kier alpha value is -1.06. The summed E-state index contributed by atoms with van der Waals surface area (Å²) < 4.78 is 0. The van der Waals surface area contributed by atoms with Crippen LogP contribution in [-0.4, -0.2) is 25.0 Å². The number of hydrogen-bond acceptors (Lipinski definition) is 2. The molecule has 0 aromatic heterocycles. The molecule has 1 amide bonds. The maximum absolute atomic E-state index is 12.3. The van der Waals surface area contributed by atoms with E-state index in [0.717, 1.165) is 32.4 Å². The van der Waals surface area contributed by atoms with Crippen LogP contribution in [0, 0.1) is 5.92 Å². The zero-order valence-electron chi connectivity index (χ0n) is 13.9. The predicted molar refractivity (Wildman–Crippen MR) is 94.5 cm³/mol. The molecule has 0 radical (unpaired) electrons. The first kappa shape index (κ1) is 19.0. The van der Waals surface area contributed by atoms with Crippen molar-refractivity contribution in [1.29, 1.82) is 0 Å². The number of amides is 1. The number of benzene rings is 1. The first-order valence-electron chi connectivity index (χ1n) is 8.05. The van der Waals surface area contributed by atoms with E-state index in [0.29, 0.717) is 0 Å². The van der Waals surface area contributed by atoms with Crippen LogP contribution in [0.25, 0.3) is 0 Å². The molecule has 1 saturated heterocycles. The first-order chi connectivity index (χ1) is 9.99. The van der Waals surface area contributed by atoms with Crippen molar-refractivity contribution in [2.75, 3.05) is 13.1 Å². The van der Waals surface area contributed by atoms with Gasteiger partial charge in [0.15, 0.2) is 0 Å². The van der Waals surface area contributed by atoms with Gasteiger partial charge in [-0.05, 0) is 43.7 Å². The summed E-state index contributed by atoms with van der Waals surface area (Å²) in [5.41, 5.74) is 1.39. The van der Waals surface area contributed by atoms with Crippen molar-refractivity contribution in [2.24, 2.45) is 5.92 Å². The molecule has 0 bridgehead atoms. The Balaban J connectivity index is 0.00000242. The van der Waals surface area contributed by atoms with E-state index in [-0.39, 0.29) is 35.7 Å². The molecule has 1 aromatic carbocycles. The highest BCUT2D eigenvalue weighted by atomic mass is 35.5. The monoisotopic (exact) mass is 324 g/mol. The zero-order chi connectivity index (χ0) is 15.3. The Kier molecular flexibility index (Phi) is 7.37. The molecule has 1 aliphatic heterocycles. The van der Waals surface area contributed by atoms with Crippen molar-refractivity contribution in [3.05, 3.63) is 35.9 Å². The van der Waals surface area contributed by atoms with E-state index in [2.05, 4.69) is 55.7 Å². The van der Waals surface area contributed by atoms with Gasteiger partial charge in [-0.3, -0.25) is 4.79 Å². The number of carbonyl (C=O) groups is 1. The standard InChI is InChI=1S/C18H28N2O.ClH/c1-14(20-17(21)15-8-7-11-19-13-15)12-18(2,3)16-9-5-4-6-10-16;/h4-6,9-10,14-15,19H,7-8,11-13H2,1-3H3,(H,20,21);1H. The summed E-state index contributed by atoms with van der Waals surface area (Å²) >= 11 is 0. The van der Waals surface area contributed by atoms with Crippen LogP contribution in [0.4, 0.5) is 0 Å². The zero-order valence-corrected chi connectivity index (χ0v) is 14.7. The van der Waals surface area contributed by atoms with Crippen LogP contribution in [0.3, 0.4) is 0 Å². The minimum atomic E-state index is 0. The molecule has 0 saturated carbocycles. The number of rotatable bonds is 5. The third-order valence-electron chi connectivity index (χ3n) is 4.43. The van der Waals surface area contributed by atoms with Crippen LogP contribution in [-0.2, 0) is 10.2 Å². The fraction of sp³-hybridized carbons (Fsp3) is 0.611. The van der Waals surface area contributed by atoms with Crippen LogP contribution in [0.5, 0.6) is 0 Å². The Morgan fingerprint density at radius 3 is 2.64 bits per heavy atom. The molecular formula is C18H29ClN2O. The van der Waals surface area contributed by atoms with Gasteiger partial charge in [0.2, 0.25) is 5.91 Å². The summed E-state index contributed by atoms with van der Waals surface area (Å²) in [5.74, 6) is 0.347. The molecule has 2 unspecified atom stereocenters. The molecule has 0 spiro atoms. The molecule has 124 valence electrons. The molecular weight excluding hydrogens is 296 g/mol. The van der Waals surface area contributed by atoms with Gasteiger partial charge in [-0.1, -0.05) is 44.2 Å². The molecule has 1 fully saturated rings. The van der Waals surface area contributed by atoms with E-state index in [1.165, 1.54) is 5.56 Å². The summed E-state index contributed by atoms with van der Waals surface area (Å²) in [6, 6.07) is 10.7. The molecule has 0 aliphatic carbocycles. The van der Waals surface area contributed by atoms with Crippen LogP contribution < -0.4 is 10.6 Å². The quantitative estimate of drug-likeness (QED) is 0.872. The summed E-state index contributed by atoms with van der Waals surface area (Å²) in [6.45, 7) is 8.46. The fourth-order valence-corrected chi connectivity index (χ4v) is 3.26. The van der Waals surface area contributed by atoms with Gasteiger partial charge < -0.3 is 10.6 Å². The van der Waals surface area contributed by atoms with Gasteiger partial charge in [0.05, 0.1) is 5.92 Å². The Bertz CT molecular complexity index is 455. The van der Waals surface area contributed by atoms with E-state index in [1.807, 2.05) is 6.07 Å². The summed E-state index contributed by atoms with van der Waals surface area (Å²) in [5, 5.41) is 6.50. The number of halogens is 1. The van der Waals surface area contributed by atoms with Crippen molar-refractivity contribution >= 4 is 18.3 Å². The van der Waals surface area contributed by atoms with E-state index in [4.69, 9.17) is 0 Å². The van der Waals surface area contributed by atoms with Gasteiger partial charge in [0.25, 0.3) is 0 Å². The van der Waals surface area contributed by atoms with Crippen molar-refractivity contribution in [3.8, 4) is 0 Å². The van der Waals surface area contributed by atoms with E-state index < -0.39 is 0 Å². The van der Waals surface area contributed by atoms with Gasteiger partial charge in [0.1, 0.15) is 0 Å². The van der Waals surface area contributed by atoms with Crippen molar-refractivity contribution in [2.45, 2.75) is 51.5 Å². The molecule has 2 N–H and O–H groups in total. The Morgan fingerprint density at radius 1 is 1.36 bits per heavy atom. The lowest BCUT2D eigenvalue weighted by Gasteiger charge is -2.30. The molecule has 2 atom stereocenters. The van der Waals surface area contributed by atoms with Crippen molar-refractivity contribution in [3.63, 3.8) is 0 Å². The SMILES string of the molecule is CC(CC(C)(C)c1ccccc1)NC(=O)C1CCCNC1.Cl. The highest BCUT2D eigenvalue weighted by molar-refractivity contribution is 5.85. The van der Waals surface area contributed by atoms with E-state index >= 15 is 0 Å². The van der Waals surface area contributed by atoms with E-state index in [9.17, 15) is 4.79 Å². The molecule has 22 heavy (non-hydrogen) atoms. The summed E-state index contributed by atoms with van der Waals surface area (Å²) in [4.78, 5) is 12.3. The van der Waals surface area contributed by atoms with Gasteiger partial charge in [-0.15, -0.1) is 12.4 Å². The predicted octanol–water partition coefficient (Wildman–Crippen LogP) is 3.28. The van der Waals surface area contributed by atoms with Crippen molar-refractivity contribution < 1.29 is 4.79 Å². The average molecular weight is 325 g/mol. The second kappa shape index (κ2) is 8.54.